The van der Waals surface area contributed by atoms with Gasteiger partial charge in [-0.3, -0.25) is 19.8 Å². The highest BCUT2D eigenvalue weighted by Crippen LogP contribution is 2.59. The minimum Gasteiger partial charge on any atom is -0.411 e. The number of nitrogens with zero attached hydrogens (tertiary/aromatic N) is 3. The number of pyridine rings is 1. The molecule has 176 valence electrons. The second-order valence-corrected chi connectivity index (χ2v) is 10.4. The van der Waals surface area contributed by atoms with E-state index in [4.69, 9.17) is 13.5 Å². The number of carbonyl (C=O) groups excluding carboxylic acids is 1. The molecule has 0 spiro atoms. The van der Waals surface area contributed by atoms with Crippen LogP contribution in [-0.4, -0.2) is 40.1 Å². The molecule has 0 aliphatic carbocycles. The Labute approximate surface area is 203 Å². The monoisotopic (exact) mass is 555 g/mol. The van der Waals surface area contributed by atoms with Crippen molar-refractivity contribution in [1.29, 1.82) is 0 Å². The summed E-state index contributed by atoms with van der Waals surface area (Å²) in [7, 11) is -3.62. The lowest BCUT2D eigenvalue weighted by Crippen LogP contribution is -2.41. The second-order valence-electron chi connectivity index (χ2n) is 6.42. The standard InChI is InChI=1S/C20H23BrN5O5PS/c1-3-29-32(28,30-4-2)19(15-5-7-16(21)8-6-15)25-23-17(27)13-33-20-26-24-18(31-20)14-9-11-22-12-10-14/h5-12,19,25H,3-4,13H2,1-2H3,(H,23,27). The van der Waals surface area contributed by atoms with Crippen LogP contribution in [0.15, 0.2) is 62.9 Å². The van der Waals surface area contributed by atoms with Gasteiger partial charge in [-0.2, -0.15) is 0 Å². The highest BCUT2D eigenvalue weighted by atomic mass is 79.9. The summed E-state index contributed by atoms with van der Waals surface area (Å²) < 4.78 is 30.8. The average Bonchev–Trinajstić information content (AvgIpc) is 3.29. The molecular formula is C20H23BrN5O5PS. The summed E-state index contributed by atoms with van der Waals surface area (Å²) >= 11 is 4.46. The molecule has 3 rings (SSSR count). The van der Waals surface area contributed by atoms with Crippen molar-refractivity contribution in [2.45, 2.75) is 24.9 Å². The molecule has 1 amide bonds. The topological polar surface area (TPSA) is 128 Å². The van der Waals surface area contributed by atoms with Gasteiger partial charge < -0.3 is 13.5 Å². The minimum absolute atomic E-state index is 0.00833. The second kappa shape index (κ2) is 12.4. The molecule has 13 heteroatoms. The molecule has 2 heterocycles. The van der Waals surface area contributed by atoms with E-state index in [1.54, 1.807) is 62.6 Å². The summed E-state index contributed by atoms with van der Waals surface area (Å²) in [6.45, 7) is 3.83. The summed E-state index contributed by atoms with van der Waals surface area (Å²) in [5.74, 6) is -0.958. The summed E-state index contributed by atoms with van der Waals surface area (Å²) in [6.07, 6.45) is 3.24. The van der Waals surface area contributed by atoms with E-state index < -0.39 is 13.4 Å². The fraction of sp³-hybridized carbons (Fsp3) is 0.300. The maximum Gasteiger partial charge on any atom is 0.353 e. The first-order valence-corrected chi connectivity index (χ1v) is 13.4. The Morgan fingerprint density at radius 1 is 1.12 bits per heavy atom. The number of benzene rings is 1. The normalized spacial score (nSPS) is 12.5. The van der Waals surface area contributed by atoms with Crippen LogP contribution in [0.3, 0.4) is 0 Å². The number of hydrazine groups is 1. The first kappa shape index (κ1) is 25.5. The van der Waals surface area contributed by atoms with E-state index in [2.05, 4.69) is 42.0 Å². The fourth-order valence-electron chi connectivity index (χ4n) is 2.73. The smallest absolute Gasteiger partial charge is 0.353 e. The molecule has 0 saturated heterocycles. The van der Waals surface area contributed by atoms with E-state index in [1.807, 2.05) is 0 Å². The lowest BCUT2D eigenvalue weighted by Gasteiger charge is -2.27. The highest BCUT2D eigenvalue weighted by molar-refractivity contribution is 9.10. The molecular weight excluding hydrogens is 533 g/mol. The Balaban J connectivity index is 1.64. The molecule has 10 nitrogen and oxygen atoms in total. The number of thioether (sulfide) groups is 1. The van der Waals surface area contributed by atoms with Gasteiger partial charge >= 0.3 is 7.60 Å². The number of hydrogen-bond acceptors (Lipinski definition) is 10. The molecule has 1 unspecified atom stereocenters. The third-order valence-corrected chi connectivity index (χ3v) is 7.77. The molecule has 1 atom stereocenters. The Morgan fingerprint density at radius 2 is 1.79 bits per heavy atom. The number of carbonyl (C=O) groups is 1. The Kier molecular flexibility index (Phi) is 9.60. The largest absolute Gasteiger partial charge is 0.411 e. The van der Waals surface area contributed by atoms with Gasteiger partial charge in [0.1, 0.15) is 0 Å². The number of halogens is 1. The van der Waals surface area contributed by atoms with Crippen molar-refractivity contribution in [1.82, 2.24) is 26.0 Å². The van der Waals surface area contributed by atoms with Gasteiger partial charge in [-0.15, -0.1) is 10.2 Å². The summed E-state index contributed by atoms with van der Waals surface area (Å²) in [6, 6.07) is 10.6. The van der Waals surface area contributed by atoms with E-state index in [-0.39, 0.29) is 30.1 Å². The number of hydrogen-bond donors (Lipinski definition) is 2. The predicted molar refractivity (Wildman–Crippen MR) is 127 cm³/mol. The molecule has 0 aliphatic heterocycles. The number of amides is 1. The maximum atomic E-state index is 13.4. The van der Waals surface area contributed by atoms with Crippen LogP contribution >= 0.6 is 35.3 Å². The number of aromatic nitrogens is 3. The van der Waals surface area contributed by atoms with Crippen molar-refractivity contribution in [3.05, 3.63) is 58.8 Å². The molecule has 2 N–H and O–H groups in total. The molecule has 0 bridgehead atoms. The highest BCUT2D eigenvalue weighted by Gasteiger charge is 2.37. The van der Waals surface area contributed by atoms with Crippen LogP contribution in [0.1, 0.15) is 25.2 Å². The predicted octanol–water partition coefficient (Wildman–Crippen LogP) is 4.57. The van der Waals surface area contributed by atoms with Crippen LogP contribution in [0.4, 0.5) is 0 Å². The van der Waals surface area contributed by atoms with Gasteiger partial charge in [-0.1, -0.05) is 39.8 Å². The summed E-state index contributed by atoms with van der Waals surface area (Å²) in [5.41, 5.74) is 6.76. The molecule has 0 fully saturated rings. The first-order chi connectivity index (χ1) is 15.9. The van der Waals surface area contributed by atoms with E-state index in [9.17, 15) is 9.36 Å². The van der Waals surface area contributed by atoms with Gasteiger partial charge in [0.05, 0.1) is 19.0 Å². The van der Waals surface area contributed by atoms with Crippen LogP contribution in [0.2, 0.25) is 0 Å². The molecule has 0 aliphatic rings. The fourth-order valence-corrected chi connectivity index (χ4v) is 5.41. The van der Waals surface area contributed by atoms with Gasteiger partial charge in [0, 0.05) is 22.4 Å². The van der Waals surface area contributed by atoms with Crippen LogP contribution < -0.4 is 10.9 Å². The van der Waals surface area contributed by atoms with Gasteiger partial charge in [0.2, 0.25) is 11.8 Å². The van der Waals surface area contributed by atoms with Crippen molar-refractivity contribution in [2.24, 2.45) is 0 Å². The van der Waals surface area contributed by atoms with Crippen LogP contribution in [-0.2, 0) is 18.4 Å². The first-order valence-electron chi connectivity index (χ1n) is 10.0. The zero-order valence-electron chi connectivity index (χ0n) is 17.9. The molecule has 0 radical (unpaired) electrons. The van der Waals surface area contributed by atoms with Crippen molar-refractivity contribution >= 4 is 41.2 Å². The Hall–Kier alpha value is -2.08. The van der Waals surface area contributed by atoms with E-state index in [0.717, 1.165) is 21.8 Å². The zero-order chi connectivity index (χ0) is 23.7. The lowest BCUT2D eigenvalue weighted by molar-refractivity contribution is -0.119. The Morgan fingerprint density at radius 3 is 2.42 bits per heavy atom. The number of nitrogens with one attached hydrogen (secondary N) is 2. The molecule has 3 aromatic rings. The lowest BCUT2D eigenvalue weighted by atomic mass is 10.2. The van der Waals surface area contributed by atoms with E-state index >= 15 is 0 Å². The maximum absolute atomic E-state index is 13.4. The molecule has 0 saturated carbocycles. The third kappa shape index (κ3) is 7.20. The van der Waals surface area contributed by atoms with Crippen LogP contribution in [0.25, 0.3) is 11.5 Å². The molecule has 1 aromatic carbocycles. The van der Waals surface area contributed by atoms with Crippen LogP contribution in [0.5, 0.6) is 0 Å². The summed E-state index contributed by atoms with van der Waals surface area (Å²) in [5, 5.41) is 8.16. The van der Waals surface area contributed by atoms with E-state index in [1.165, 1.54) is 0 Å². The summed E-state index contributed by atoms with van der Waals surface area (Å²) in [4.78, 5) is 16.4. The average molecular weight is 556 g/mol. The third-order valence-electron chi connectivity index (χ3n) is 4.13. The van der Waals surface area contributed by atoms with Crippen molar-refractivity contribution in [2.75, 3.05) is 19.0 Å². The van der Waals surface area contributed by atoms with E-state index in [0.29, 0.717) is 11.5 Å². The van der Waals surface area contributed by atoms with Gasteiger partial charge in [-0.05, 0) is 43.7 Å². The van der Waals surface area contributed by atoms with Gasteiger partial charge in [0.25, 0.3) is 5.22 Å². The Bertz CT molecular complexity index is 1080. The minimum atomic E-state index is -3.62. The van der Waals surface area contributed by atoms with Crippen molar-refractivity contribution < 1.29 is 22.8 Å². The SMILES string of the molecule is CCOP(=O)(OCC)C(NNC(=O)CSc1nnc(-c2ccncc2)o1)c1ccc(Br)cc1. The van der Waals surface area contributed by atoms with Gasteiger partial charge in [0.15, 0.2) is 5.78 Å². The van der Waals surface area contributed by atoms with Crippen molar-refractivity contribution in [3.63, 3.8) is 0 Å². The molecule has 33 heavy (non-hydrogen) atoms. The van der Waals surface area contributed by atoms with Gasteiger partial charge in [-0.25, -0.2) is 5.43 Å². The quantitative estimate of drug-likeness (QED) is 0.186. The van der Waals surface area contributed by atoms with Crippen LogP contribution in [0, 0.1) is 0 Å². The number of rotatable bonds is 12. The molecule has 2 aromatic heterocycles. The van der Waals surface area contributed by atoms with Crippen molar-refractivity contribution in [3.8, 4) is 11.5 Å². The zero-order valence-corrected chi connectivity index (χ0v) is 21.2.